The molecule has 3 aromatic rings. The maximum Gasteiger partial charge on any atom is 0.224 e. The third-order valence-corrected chi connectivity index (χ3v) is 5.28. The lowest BCUT2D eigenvalue weighted by Gasteiger charge is -2.14. The van der Waals surface area contributed by atoms with Crippen molar-refractivity contribution in [1.29, 1.82) is 0 Å². The fraction of sp³-hybridized carbons (Fsp3) is 0.304. The quantitative estimate of drug-likeness (QED) is 0.339. The zero-order chi connectivity index (χ0) is 23.8. The topological polar surface area (TPSA) is 119 Å². The van der Waals surface area contributed by atoms with Crippen LogP contribution in [0.1, 0.15) is 38.5 Å². The third-order valence-electron chi connectivity index (χ3n) is 4.99. The number of nitrogens with two attached hydrogens (primary N) is 1. The molecule has 0 unspecified atom stereocenters. The molecular weight excluding hydrogens is 449 g/mol. The highest BCUT2D eigenvalue weighted by Crippen LogP contribution is 2.33. The second-order valence-electron chi connectivity index (χ2n) is 7.47. The van der Waals surface area contributed by atoms with Gasteiger partial charge in [0.1, 0.15) is 23.7 Å². The number of unbranched alkanes of at least 4 members (excludes halogenated alkanes) is 3. The molecule has 0 aliphatic heterocycles. The molecule has 0 fully saturated rings. The van der Waals surface area contributed by atoms with Crippen molar-refractivity contribution in [1.82, 2.24) is 9.97 Å². The Morgan fingerprint density at radius 1 is 1.09 bits per heavy atom. The second-order valence-corrected chi connectivity index (χ2v) is 7.88. The normalized spacial score (nSPS) is 10.8. The molecule has 0 bridgehead atoms. The van der Waals surface area contributed by atoms with Crippen molar-refractivity contribution in [2.75, 3.05) is 17.7 Å². The SMILES string of the molecule is COc1cc2ncnc(Nc3ccc(F)c(Cl)c3)c2cc1NC(=O)CCCCCCC(N)=O. The highest BCUT2D eigenvalue weighted by atomic mass is 35.5. The Kier molecular flexibility index (Phi) is 8.37. The van der Waals surface area contributed by atoms with Crippen LogP contribution >= 0.6 is 11.6 Å². The van der Waals surface area contributed by atoms with Gasteiger partial charge in [0.2, 0.25) is 11.8 Å². The number of methoxy groups -OCH3 is 1. The highest BCUT2D eigenvalue weighted by molar-refractivity contribution is 6.31. The van der Waals surface area contributed by atoms with Crippen LogP contribution in [0.25, 0.3) is 10.9 Å². The molecular formula is C23H25ClFN5O3. The van der Waals surface area contributed by atoms with Gasteiger partial charge in [-0.25, -0.2) is 14.4 Å². The van der Waals surface area contributed by atoms with E-state index in [4.69, 9.17) is 22.1 Å². The number of carbonyl (C=O) groups is 2. The minimum atomic E-state index is -0.516. The molecule has 0 atom stereocenters. The molecule has 0 aliphatic carbocycles. The summed E-state index contributed by atoms with van der Waals surface area (Å²) >= 11 is 5.87. The number of amides is 2. The Balaban J connectivity index is 1.73. The van der Waals surface area contributed by atoms with Gasteiger partial charge in [0.15, 0.2) is 0 Å². The van der Waals surface area contributed by atoms with Gasteiger partial charge in [0.05, 0.1) is 23.3 Å². The van der Waals surface area contributed by atoms with E-state index in [1.807, 2.05) is 0 Å². The molecule has 2 aromatic carbocycles. The van der Waals surface area contributed by atoms with Crippen LogP contribution in [0.15, 0.2) is 36.7 Å². The first-order valence-corrected chi connectivity index (χ1v) is 10.9. The first-order valence-electron chi connectivity index (χ1n) is 10.5. The monoisotopic (exact) mass is 473 g/mol. The Bertz CT molecular complexity index is 1160. The Morgan fingerprint density at radius 2 is 1.85 bits per heavy atom. The molecule has 2 amide bonds. The fourth-order valence-electron chi connectivity index (χ4n) is 3.31. The van der Waals surface area contributed by atoms with E-state index in [1.54, 1.807) is 18.2 Å². The second kappa shape index (κ2) is 11.4. The maximum absolute atomic E-state index is 13.5. The van der Waals surface area contributed by atoms with E-state index in [-0.39, 0.29) is 16.8 Å². The smallest absolute Gasteiger partial charge is 0.224 e. The summed E-state index contributed by atoms with van der Waals surface area (Å²) in [5.41, 5.74) is 6.77. The van der Waals surface area contributed by atoms with Crippen LogP contribution < -0.4 is 21.1 Å². The first kappa shape index (κ1) is 24.2. The summed E-state index contributed by atoms with van der Waals surface area (Å²) in [5, 5.41) is 6.61. The number of benzene rings is 2. The van der Waals surface area contributed by atoms with Crippen molar-refractivity contribution in [2.45, 2.75) is 38.5 Å². The minimum Gasteiger partial charge on any atom is -0.494 e. The molecule has 0 aliphatic rings. The van der Waals surface area contributed by atoms with Crippen molar-refractivity contribution < 1.29 is 18.7 Å². The summed E-state index contributed by atoms with van der Waals surface area (Å²) < 4.78 is 18.9. The molecule has 8 nitrogen and oxygen atoms in total. The number of rotatable bonds is 11. The number of carbonyl (C=O) groups excluding carboxylic acids is 2. The van der Waals surface area contributed by atoms with E-state index in [9.17, 15) is 14.0 Å². The number of aromatic nitrogens is 2. The zero-order valence-electron chi connectivity index (χ0n) is 18.2. The van der Waals surface area contributed by atoms with Crippen LogP contribution in [-0.2, 0) is 9.59 Å². The highest BCUT2D eigenvalue weighted by Gasteiger charge is 2.13. The molecule has 33 heavy (non-hydrogen) atoms. The number of nitrogens with one attached hydrogen (secondary N) is 2. The number of hydrogen-bond acceptors (Lipinski definition) is 6. The molecule has 3 rings (SSSR count). The number of anilines is 3. The molecule has 4 N–H and O–H groups in total. The Labute approximate surface area is 195 Å². The van der Waals surface area contributed by atoms with Gasteiger partial charge in [-0.15, -0.1) is 0 Å². The van der Waals surface area contributed by atoms with Crippen molar-refractivity contribution >= 4 is 51.5 Å². The first-order chi connectivity index (χ1) is 15.9. The molecule has 174 valence electrons. The summed E-state index contributed by atoms with van der Waals surface area (Å²) in [6, 6.07) is 7.70. The van der Waals surface area contributed by atoms with Crippen molar-refractivity contribution in [3.63, 3.8) is 0 Å². The Morgan fingerprint density at radius 3 is 2.55 bits per heavy atom. The number of hydrogen-bond donors (Lipinski definition) is 3. The summed E-state index contributed by atoms with van der Waals surface area (Å²) in [7, 11) is 1.51. The van der Waals surface area contributed by atoms with Gasteiger partial charge in [-0.1, -0.05) is 24.4 Å². The van der Waals surface area contributed by atoms with Crippen LogP contribution in [0.5, 0.6) is 5.75 Å². The summed E-state index contributed by atoms with van der Waals surface area (Å²) in [5.74, 6) is -0.0461. The van der Waals surface area contributed by atoms with E-state index in [0.717, 1.165) is 19.3 Å². The van der Waals surface area contributed by atoms with Gasteiger partial charge in [-0.05, 0) is 37.1 Å². The van der Waals surface area contributed by atoms with Crippen molar-refractivity contribution in [3.8, 4) is 5.75 Å². The largest absolute Gasteiger partial charge is 0.494 e. The minimum absolute atomic E-state index is 0.0115. The average molecular weight is 474 g/mol. The van der Waals surface area contributed by atoms with Crippen LogP contribution in [0.4, 0.5) is 21.6 Å². The van der Waals surface area contributed by atoms with Crippen LogP contribution in [0, 0.1) is 5.82 Å². The van der Waals surface area contributed by atoms with Gasteiger partial charge in [-0.3, -0.25) is 9.59 Å². The zero-order valence-corrected chi connectivity index (χ0v) is 18.9. The lowest BCUT2D eigenvalue weighted by molar-refractivity contribution is -0.118. The number of nitrogens with zero attached hydrogens (tertiary/aromatic N) is 2. The lowest BCUT2D eigenvalue weighted by atomic mass is 10.1. The molecule has 1 heterocycles. The van der Waals surface area contributed by atoms with E-state index in [2.05, 4.69) is 20.6 Å². The standard InChI is InChI=1S/C23H25ClFN5O3/c1-33-20-12-18-15(11-19(20)30-22(32)7-5-3-2-4-6-21(26)31)23(28-13-27-18)29-14-8-9-17(25)16(24)10-14/h8-13H,2-7H2,1H3,(H2,26,31)(H,30,32)(H,27,28,29). The molecule has 0 saturated heterocycles. The van der Waals surface area contributed by atoms with E-state index < -0.39 is 5.82 Å². The number of fused-ring (bicyclic) bond motifs is 1. The summed E-state index contributed by atoms with van der Waals surface area (Å²) in [6.07, 6.45) is 5.19. The van der Waals surface area contributed by atoms with Crippen molar-refractivity contribution in [3.05, 3.63) is 47.5 Å². The number of halogens is 2. The number of primary amides is 1. The van der Waals surface area contributed by atoms with E-state index in [0.29, 0.717) is 53.1 Å². The Hall–Kier alpha value is -3.46. The van der Waals surface area contributed by atoms with Crippen LogP contribution in [-0.4, -0.2) is 28.9 Å². The molecule has 0 spiro atoms. The summed E-state index contributed by atoms with van der Waals surface area (Å²) in [6.45, 7) is 0. The van der Waals surface area contributed by atoms with Crippen LogP contribution in [0.3, 0.4) is 0 Å². The lowest BCUT2D eigenvalue weighted by Crippen LogP contribution is -2.12. The predicted octanol–water partition coefficient (Wildman–Crippen LogP) is 4.94. The van der Waals surface area contributed by atoms with Gasteiger partial charge in [-0.2, -0.15) is 0 Å². The van der Waals surface area contributed by atoms with Crippen molar-refractivity contribution in [2.24, 2.45) is 5.73 Å². The third kappa shape index (κ3) is 6.76. The number of ether oxygens (including phenoxy) is 1. The van der Waals surface area contributed by atoms with Gasteiger partial charge < -0.3 is 21.1 Å². The average Bonchev–Trinajstić information content (AvgIpc) is 2.78. The molecule has 10 heteroatoms. The van der Waals surface area contributed by atoms with Gasteiger partial charge in [0.25, 0.3) is 0 Å². The predicted molar refractivity (Wildman–Crippen MR) is 126 cm³/mol. The van der Waals surface area contributed by atoms with Gasteiger partial charge >= 0.3 is 0 Å². The summed E-state index contributed by atoms with van der Waals surface area (Å²) in [4.78, 5) is 31.8. The van der Waals surface area contributed by atoms with Crippen LogP contribution in [0.2, 0.25) is 5.02 Å². The van der Waals surface area contributed by atoms with E-state index in [1.165, 1.54) is 25.6 Å². The fourth-order valence-corrected chi connectivity index (χ4v) is 3.49. The molecule has 1 aromatic heterocycles. The maximum atomic E-state index is 13.5. The van der Waals surface area contributed by atoms with E-state index >= 15 is 0 Å². The van der Waals surface area contributed by atoms with Gasteiger partial charge in [0, 0.05) is 30.0 Å². The molecule has 0 saturated carbocycles. The molecule has 0 radical (unpaired) electrons.